The van der Waals surface area contributed by atoms with Gasteiger partial charge in [-0.25, -0.2) is 4.68 Å². The zero-order chi connectivity index (χ0) is 14.0. The number of aryl methyl sites for hydroxylation is 1. The molecule has 1 heterocycles. The SMILES string of the molecule is Cc1nn(C(C)C)c(NCC2CCCC2)c1[N+](=O)[O-]. The molecule has 19 heavy (non-hydrogen) atoms. The van der Waals surface area contributed by atoms with E-state index in [4.69, 9.17) is 0 Å². The Hall–Kier alpha value is -1.59. The molecule has 1 aromatic heterocycles. The lowest BCUT2D eigenvalue weighted by Crippen LogP contribution is -2.16. The summed E-state index contributed by atoms with van der Waals surface area (Å²) in [6, 6.07) is 0.110. The maximum atomic E-state index is 11.2. The molecule has 2 rings (SSSR count). The molecule has 1 saturated carbocycles. The monoisotopic (exact) mass is 266 g/mol. The summed E-state index contributed by atoms with van der Waals surface area (Å²) in [6.07, 6.45) is 4.99. The third-order valence-corrected chi connectivity index (χ3v) is 3.76. The molecule has 0 radical (unpaired) electrons. The summed E-state index contributed by atoms with van der Waals surface area (Å²) in [4.78, 5) is 10.9. The van der Waals surface area contributed by atoms with Gasteiger partial charge < -0.3 is 5.32 Å². The summed E-state index contributed by atoms with van der Waals surface area (Å²) in [5.41, 5.74) is 0.597. The molecule has 0 amide bonds. The number of nitrogens with zero attached hydrogens (tertiary/aromatic N) is 3. The maximum Gasteiger partial charge on any atom is 0.333 e. The summed E-state index contributed by atoms with van der Waals surface area (Å²) in [5, 5.41) is 18.7. The normalized spacial score (nSPS) is 16.2. The highest BCUT2D eigenvalue weighted by atomic mass is 16.6. The minimum absolute atomic E-state index is 0.110. The number of rotatable bonds is 5. The van der Waals surface area contributed by atoms with Gasteiger partial charge in [0, 0.05) is 12.6 Å². The van der Waals surface area contributed by atoms with Crippen molar-refractivity contribution >= 4 is 11.5 Å². The molecule has 0 atom stereocenters. The third kappa shape index (κ3) is 2.88. The summed E-state index contributed by atoms with van der Waals surface area (Å²) >= 11 is 0. The second-order valence-corrected chi connectivity index (χ2v) is 5.61. The Kier molecular flexibility index (Phi) is 4.07. The molecule has 0 aromatic carbocycles. The van der Waals surface area contributed by atoms with E-state index in [2.05, 4.69) is 10.4 Å². The van der Waals surface area contributed by atoms with Gasteiger partial charge >= 0.3 is 5.69 Å². The summed E-state index contributed by atoms with van der Waals surface area (Å²) in [5.74, 6) is 1.19. The van der Waals surface area contributed by atoms with E-state index in [-0.39, 0.29) is 16.7 Å². The molecular weight excluding hydrogens is 244 g/mol. The molecule has 0 bridgehead atoms. The van der Waals surface area contributed by atoms with Gasteiger partial charge in [0.05, 0.1) is 4.92 Å². The first-order valence-corrected chi connectivity index (χ1v) is 6.98. The number of anilines is 1. The Morgan fingerprint density at radius 2 is 2.11 bits per heavy atom. The molecule has 1 aliphatic carbocycles. The average molecular weight is 266 g/mol. The molecule has 106 valence electrons. The third-order valence-electron chi connectivity index (χ3n) is 3.76. The lowest BCUT2D eigenvalue weighted by molar-refractivity contribution is -0.384. The predicted molar refractivity (Wildman–Crippen MR) is 74.5 cm³/mol. The maximum absolute atomic E-state index is 11.2. The van der Waals surface area contributed by atoms with Crippen LogP contribution in [0.1, 0.15) is 51.3 Å². The van der Waals surface area contributed by atoms with E-state index >= 15 is 0 Å². The smallest absolute Gasteiger partial charge is 0.333 e. The lowest BCUT2D eigenvalue weighted by atomic mass is 10.1. The Labute approximate surface area is 113 Å². The number of hydrogen-bond donors (Lipinski definition) is 1. The standard InChI is InChI=1S/C13H22N4O2/c1-9(2)16-13(12(17(18)19)10(3)15-16)14-8-11-6-4-5-7-11/h9,11,14H,4-8H2,1-3H3. The van der Waals surface area contributed by atoms with Crippen LogP contribution in [0.5, 0.6) is 0 Å². The first-order chi connectivity index (χ1) is 9.00. The molecular formula is C13H22N4O2. The van der Waals surface area contributed by atoms with Gasteiger partial charge in [0.1, 0.15) is 5.69 Å². The molecule has 1 aliphatic rings. The van der Waals surface area contributed by atoms with Crippen LogP contribution in [0.15, 0.2) is 0 Å². The van der Waals surface area contributed by atoms with Crippen LogP contribution in [0.25, 0.3) is 0 Å². The first kappa shape index (κ1) is 13.8. The van der Waals surface area contributed by atoms with E-state index in [1.807, 2.05) is 13.8 Å². The molecule has 1 fully saturated rings. The highest BCUT2D eigenvalue weighted by Crippen LogP contribution is 2.32. The van der Waals surface area contributed by atoms with E-state index in [1.54, 1.807) is 11.6 Å². The topological polar surface area (TPSA) is 73.0 Å². The van der Waals surface area contributed by atoms with E-state index in [9.17, 15) is 10.1 Å². The van der Waals surface area contributed by atoms with Crippen molar-refractivity contribution in [1.29, 1.82) is 0 Å². The van der Waals surface area contributed by atoms with Gasteiger partial charge in [-0.05, 0) is 39.5 Å². The molecule has 0 aliphatic heterocycles. The van der Waals surface area contributed by atoms with Gasteiger partial charge in [-0.2, -0.15) is 5.10 Å². The van der Waals surface area contributed by atoms with E-state index in [0.29, 0.717) is 17.4 Å². The Morgan fingerprint density at radius 1 is 1.47 bits per heavy atom. The molecule has 0 unspecified atom stereocenters. The second-order valence-electron chi connectivity index (χ2n) is 5.61. The Morgan fingerprint density at radius 3 is 2.63 bits per heavy atom. The molecule has 0 saturated heterocycles. The quantitative estimate of drug-likeness (QED) is 0.655. The average Bonchev–Trinajstić information content (AvgIpc) is 2.92. The largest absolute Gasteiger partial charge is 0.364 e. The van der Waals surface area contributed by atoms with Gasteiger partial charge in [0.15, 0.2) is 0 Å². The van der Waals surface area contributed by atoms with Crippen LogP contribution in [-0.2, 0) is 0 Å². The van der Waals surface area contributed by atoms with Crippen LogP contribution < -0.4 is 5.32 Å². The number of nitro groups is 1. The van der Waals surface area contributed by atoms with Crippen LogP contribution in [0.4, 0.5) is 11.5 Å². The predicted octanol–water partition coefficient (Wildman–Crippen LogP) is 3.28. The van der Waals surface area contributed by atoms with Crippen molar-refractivity contribution in [2.45, 2.75) is 52.5 Å². The second kappa shape index (κ2) is 5.59. The van der Waals surface area contributed by atoms with Crippen molar-refractivity contribution < 1.29 is 4.92 Å². The van der Waals surface area contributed by atoms with Gasteiger partial charge in [0.2, 0.25) is 5.82 Å². The minimum atomic E-state index is -0.335. The van der Waals surface area contributed by atoms with E-state index in [1.165, 1.54) is 25.7 Å². The van der Waals surface area contributed by atoms with Crippen molar-refractivity contribution in [3.8, 4) is 0 Å². The molecule has 1 N–H and O–H groups in total. The lowest BCUT2D eigenvalue weighted by Gasteiger charge is -2.14. The van der Waals surface area contributed by atoms with Crippen LogP contribution in [0.2, 0.25) is 0 Å². The fraction of sp³-hybridized carbons (Fsp3) is 0.769. The van der Waals surface area contributed by atoms with Crippen molar-refractivity contribution in [2.75, 3.05) is 11.9 Å². The van der Waals surface area contributed by atoms with Gasteiger partial charge in [-0.1, -0.05) is 12.8 Å². The van der Waals surface area contributed by atoms with Gasteiger partial charge in [0.25, 0.3) is 0 Å². The molecule has 0 spiro atoms. The number of nitrogens with one attached hydrogen (secondary N) is 1. The summed E-state index contributed by atoms with van der Waals surface area (Å²) < 4.78 is 1.72. The van der Waals surface area contributed by atoms with E-state index < -0.39 is 0 Å². The zero-order valence-electron chi connectivity index (χ0n) is 11.8. The van der Waals surface area contributed by atoms with Crippen molar-refractivity contribution in [2.24, 2.45) is 5.92 Å². The number of hydrogen-bond acceptors (Lipinski definition) is 4. The van der Waals surface area contributed by atoms with Crippen molar-refractivity contribution in [1.82, 2.24) is 9.78 Å². The van der Waals surface area contributed by atoms with Crippen molar-refractivity contribution in [3.05, 3.63) is 15.8 Å². The minimum Gasteiger partial charge on any atom is -0.364 e. The fourth-order valence-corrected chi connectivity index (χ4v) is 2.75. The Bertz CT molecular complexity index is 461. The van der Waals surface area contributed by atoms with Crippen LogP contribution in [-0.4, -0.2) is 21.2 Å². The molecule has 6 nitrogen and oxygen atoms in total. The fourth-order valence-electron chi connectivity index (χ4n) is 2.75. The van der Waals surface area contributed by atoms with Gasteiger partial charge in [-0.15, -0.1) is 0 Å². The highest BCUT2D eigenvalue weighted by Gasteiger charge is 2.27. The van der Waals surface area contributed by atoms with Crippen LogP contribution in [0, 0.1) is 23.0 Å². The number of aromatic nitrogens is 2. The van der Waals surface area contributed by atoms with Crippen LogP contribution >= 0.6 is 0 Å². The molecule has 6 heteroatoms. The summed E-state index contributed by atoms with van der Waals surface area (Å²) in [7, 11) is 0. The van der Waals surface area contributed by atoms with Crippen LogP contribution in [0.3, 0.4) is 0 Å². The first-order valence-electron chi connectivity index (χ1n) is 6.98. The zero-order valence-corrected chi connectivity index (χ0v) is 11.8. The summed E-state index contributed by atoms with van der Waals surface area (Å²) in [6.45, 7) is 6.46. The highest BCUT2D eigenvalue weighted by molar-refractivity contribution is 5.59. The molecule has 1 aromatic rings. The van der Waals surface area contributed by atoms with E-state index in [0.717, 1.165) is 6.54 Å². The Balaban J connectivity index is 2.22. The van der Waals surface area contributed by atoms with Crippen molar-refractivity contribution in [3.63, 3.8) is 0 Å². The van der Waals surface area contributed by atoms with Gasteiger partial charge in [-0.3, -0.25) is 10.1 Å².